The molecule has 7 heteroatoms. The third-order valence-corrected chi connectivity index (χ3v) is 5.32. The van der Waals surface area contributed by atoms with E-state index in [0.717, 1.165) is 15.8 Å². The molecule has 3 aromatic rings. The van der Waals surface area contributed by atoms with E-state index in [4.69, 9.17) is 4.74 Å². The Morgan fingerprint density at radius 2 is 1.89 bits per heavy atom. The summed E-state index contributed by atoms with van der Waals surface area (Å²) >= 11 is 1.51. The predicted octanol–water partition coefficient (Wildman–Crippen LogP) is 2.95. The van der Waals surface area contributed by atoms with Crippen LogP contribution in [0.4, 0.5) is 5.69 Å². The first-order chi connectivity index (χ1) is 13.2. The maximum absolute atomic E-state index is 12.4. The van der Waals surface area contributed by atoms with E-state index >= 15 is 0 Å². The van der Waals surface area contributed by atoms with E-state index in [1.54, 1.807) is 11.6 Å². The number of thiazole rings is 1. The van der Waals surface area contributed by atoms with Crippen LogP contribution in [0.2, 0.25) is 0 Å². The normalized spacial score (nSPS) is 14.3. The van der Waals surface area contributed by atoms with Crippen molar-refractivity contribution in [3.8, 4) is 0 Å². The lowest BCUT2D eigenvalue weighted by molar-refractivity contribution is -0.134. The van der Waals surface area contributed by atoms with Crippen LogP contribution in [0.5, 0.6) is 0 Å². The number of carbonyl (C=O) groups excluding carboxylic acids is 2. The number of nitrogens with one attached hydrogen (secondary N) is 1. The van der Waals surface area contributed by atoms with Crippen molar-refractivity contribution in [1.29, 1.82) is 0 Å². The van der Waals surface area contributed by atoms with Crippen LogP contribution in [-0.2, 0) is 16.0 Å². The molecular formula is C20H19N3O3S. The second-order valence-electron chi connectivity index (χ2n) is 6.36. The number of carbonyl (C=O) groups is 2. The van der Waals surface area contributed by atoms with Gasteiger partial charge >= 0.3 is 0 Å². The van der Waals surface area contributed by atoms with Gasteiger partial charge < -0.3 is 15.0 Å². The number of hydrogen-bond donors (Lipinski definition) is 1. The molecule has 1 aliphatic rings. The molecule has 6 nitrogen and oxygen atoms in total. The van der Waals surface area contributed by atoms with Crippen LogP contribution in [0.15, 0.2) is 48.0 Å². The summed E-state index contributed by atoms with van der Waals surface area (Å²) in [4.78, 5) is 30.8. The molecule has 4 rings (SSSR count). The van der Waals surface area contributed by atoms with Crippen molar-refractivity contribution in [2.45, 2.75) is 6.42 Å². The average molecular weight is 381 g/mol. The van der Waals surface area contributed by atoms with Gasteiger partial charge in [0.05, 0.1) is 35.4 Å². The Hall–Kier alpha value is -2.77. The molecule has 0 bridgehead atoms. The first kappa shape index (κ1) is 17.6. The molecule has 1 N–H and O–H groups in total. The molecule has 1 saturated heterocycles. The highest BCUT2D eigenvalue weighted by Gasteiger charge is 2.17. The van der Waals surface area contributed by atoms with Gasteiger partial charge in [-0.3, -0.25) is 9.59 Å². The summed E-state index contributed by atoms with van der Waals surface area (Å²) in [5.74, 6) is -0.0598. The van der Waals surface area contributed by atoms with Crippen LogP contribution in [-0.4, -0.2) is 48.0 Å². The maximum Gasteiger partial charge on any atom is 0.255 e. The van der Waals surface area contributed by atoms with E-state index < -0.39 is 0 Å². The predicted molar refractivity (Wildman–Crippen MR) is 105 cm³/mol. The highest BCUT2D eigenvalue weighted by Crippen LogP contribution is 2.20. The Balaban J connectivity index is 1.38. The van der Waals surface area contributed by atoms with E-state index in [2.05, 4.69) is 10.3 Å². The minimum Gasteiger partial charge on any atom is -0.378 e. The smallest absolute Gasteiger partial charge is 0.255 e. The highest BCUT2D eigenvalue weighted by atomic mass is 32.1. The van der Waals surface area contributed by atoms with Crippen LogP contribution in [0.3, 0.4) is 0 Å². The minimum absolute atomic E-state index is 0.105. The van der Waals surface area contributed by atoms with Gasteiger partial charge in [-0.25, -0.2) is 4.98 Å². The van der Waals surface area contributed by atoms with Crippen LogP contribution >= 0.6 is 11.3 Å². The highest BCUT2D eigenvalue weighted by molar-refractivity contribution is 7.16. The number of amides is 2. The Bertz CT molecular complexity index is 962. The van der Waals surface area contributed by atoms with Gasteiger partial charge in [0.1, 0.15) is 0 Å². The summed E-state index contributed by atoms with van der Waals surface area (Å²) in [5, 5.41) is 2.89. The van der Waals surface area contributed by atoms with E-state index in [-0.39, 0.29) is 11.8 Å². The van der Waals surface area contributed by atoms with Crippen LogP contribution in [0.1, 0.15) is 15.9 Å². The zero-order chi connectivity index (χ0) is 18.6. The van der Waals surface area contributed by atoms with E-state index in [0.29, 0.717) is 44.0 Å². The van der Waals surface area contributed by atoms with Crippen molar-refractivity contribution < 1.29 is 14.3 Å². The SMILES string of the molecule is O=C(Nc1ccc(CC(=O)N2CCOCC2)cc1)c1ccc2ncsc2c1. The Kier molecular flexibility index (Phi) is 5.13. The van der Waals surface area contributed by atoms with Gasteiger partial charge in [-0.15, -0.1) is 11.3 Å². The maximum atomic E-state index is 12.4. The molecule has 1 fully saturated rings. The van der Waals surface area contributed by atoms with Crippen LogP contribution in [0.25, 0.3) is 10.2 Å². The van der Waals surface area contributed by atoms with E-state index in [1.165, 1.54) is 11.3 Å². The Morgan fingerprint density at radius 3 is 2.67 bits per heavy atom. The molecular weight excluding hydrogens is 362 g/mol. The first-order valence-corrected chi connectivity index (χ1v) is 9.66. The molecule has 27 heavy (non-hydrogen) atoms. The van der Waals surface area contributed by atoms with Crippen LogP contribution in [0, 0.1) is 0 Å². The third kappa shape index (κ3) is 4.15. The van der Waals surface area contributed by atoms with Crippen molar-refractivity contribution in [2.75, 3.05) is 31.6 Å². The zero-order valence-electron chi connectivity index (χ0n) is 14.7. The second kappa shape index (κ2) is 7.85. The number of rotatable bonds is 4. The summed E-state index contributed by atoms with van der Waals surface area (Å²) in [6, 6.07) is 12.9. The Labute approximate surface area is 160 Å². The molecule has 1 aromatic heterocycles. The first-order valence-electron chi connectivity index (χ1n) is 8.78. The summed E-state index contributed by atoms with van der Waals surface area (Å²) < 4.78 is 6.26. The monoisotopic (exact) mass is 381 g/mol. The van der Waals surface area contributed by atoms with Crippen molar-refractivity contribution in [3.63, 3.8) is 0 Å². The number of fused-ring (bicyclic) bond motifs is 1. The fourth-order valence-corrected chi connectivity index (χ4v) is 3.72. The summed E-state index contributed by atoms with van der Waals surface area (Å²) in [6.07, 6.45) is 0.357. The van der Waals surface area contributed by atoms with Crippen molar-refractivity contribution in [1.82, 2.24) is 9.88 Å². The van der Waals surface area contributed by atoms with Gasteiger partial charge in [0.25, 0.3) is 5.91 Å². The molecule has 0 atom stereocenters. The topological polar surface area (TPSA) is 71.5 Å². The molecule has 1 aliphatic heterocycles. The van der Waals surface area contributed by atoms with Crippen molar-refractivity contribution in [2.24, 2.45) is 0 Å². The molecule has 0 unspecified atom stereocenters. The second-order valence-corrected chi connectivity index (χ2v) is 7.24. The number of aromatic nitrogens is 1. The number of hydrogen-bond acceptors (Lipinski definition) is 5. The largest absolute Gasteiger partial charge is 0.378 e. The number of nitrogens with zero attached hydrogens (tertiary/aromatic N) is 2. The number of ether oxygens (including phenoxy) is 1. The third-order valence-electron chi connectivity index (χ3n) is 4.52. The van der Waals surface area contributed by atoms with E-state index in [9.17, 15) is 9.59 Å². The van der Waals surface area contributed by atoms with Crippen molar-refractivity contribution in [3.05, 3.63) is 59.1 Å². The molecule has 2 amide bonds. The average Bonchev–Trinajstić information content (AvgIpc) is 3.18. The lowest BCUT2D eigenvalue weighted by Gasteiger charge is -2.26. The fourth-order valence-electron chi connectivity index (χ4n) is 3.00. The van der Waals surface area contributed by atoms with Gasteiger partial charge in [-0.1, -0.05) is 12.1 Å². The van der Waals surface area contributed by atoms with E-state index in [1.807, 2.05) is 41.3 Å². The molecule has 2 aromatic carbocycles. The lowest BCUT2D eigenvalue weighted by atomic mass is 10.1. The zero-order valence-corrected chi connectivity index (χ0v) is 15.5. The van der Waals surface area contributed by atoms with Gasteiger partial charge in [-0.2, -0.15) is 0 Å². The summed E-state index contributed by atoms with van der Waals surface area (Å²) in [7, 11) is 0. The molecule has 0 saturated carbocycles. The molecule has 0 spiro atoms. The minimum atomic E-state index is -0.164. The Morgan fingerprint density at radius 1 is 1.11 bits per heavy atom. The number of morpholine rings is 1. The molecule has 0 radical (unpaired) electrons. The number of benzene rings is 2. The van der Waals surface area contributed by atoms with Gasteiger partial charge in [0.2, 0.25) is 5.91 Å². The summed E-state index contributed by atoms with van der Waals surface area (Å²) in [5.41, 5.74) is 4.88. The van der Waals surface area contributed by atoms with Gasteiger partial charge in [-0.05, 0) is 35.9 Å². The summed E-state index contributed by atoms with van der Waals surface area (Å²) in [6.45, 7) is 2.50. The lowest BCUT2D eigenvalue weighted by Crippen LogP contribution is -2.41. The quantitative estimate of drug-likeness (QED) is 0.754. The number of anilines is 1. The molecule has 138 valence electrons. The van der Waals surface area contributed by atoms with Crippen molar-refractivity contribution >= 4 is 39.1 Å². The molecule has 0 aliphatic carbocycles. The van der Waals surface area contributed by atoms with Gasteiger partial charge in [0.15, 0.2) is 0 Å². The standard InChI is InChI=1S/C20H19N3O3S/c24-19(23-7-9-26-10-8-23)11-14-1-4-16(5-2-14)22-20(25)15-3-6-17-18(12-15)27-13-21-17/h1-6,12-13H,7-11H2,(H,22,25). The van der Waals surface area contributed by atoms with Crippen LogP contribution < -0.4 is 5.32 Å². The van der Waals surface area contributed by atoms with Gasteiger partial charge in [0, 0.05) is 24.3 Å². The fraction of sp³-hybridized carbons (Fsp3) is 0.250. The molecule has 2 heterocycles.